The third-order valence-corrected chi connectivity index (χ3v) is 5.88. The largest absolute Gasteiger partial charge is 0.354 e. The Balaban J connectivity index is 1.48. The highest BCUT2D eigenvalue weighted by Gasteiger charge is 2.49. The fourth-order valence-electron chi connectivity index (χ4n) is 4.01. The van der Waals surface area contributed by atoms with E-state index in [0.717, 1.165) is 36.5 Å². The van der Waals surface area contributed by atoms with Crippen LogP contribution < -0.4 is 10.6 Å². The molecule has 158 valence electrons. The van der Waals surface area contributed by atoms with E-state index in [4.69, 9.17) is 0 Å². The van der Waals surface area contributed by atoms with Crippen LogP contribution in [-0.2, 0) is 15.1 Å². The van der Waals surface area contributed by atoms with Gasteiger partial charge in [-0.3, -0.25) is 14.5 Å². The summed E-state index contributed by atoms with van der Waals surface area (Å²) in [5.41, 5.74) is 0.644. The second-order valence-corrected chi connectivity index (χ2v) is 8.27. The molecule has 0 spiro atoms. The molecule has 0 radical (unpaired) electrons. The first kappa shape index (κ1) is 21.3. The van der Waals surface area contributed by atoms with E-state index in [0.29, 0.717) is 12.1 Å². The summed E-state index contributed by atoms with van der Waals surface area (Å²) in [4.78, 5) is 41.0. The van der Waals surface area contributed by atoms with Crippen LogP contribution in [0.5, 0.6) is 0 Å². The molecule has 1 aromatic carbocycles. The van der Waals surface area contributed by atoms with Crippen LogP contribution in [0.3, 0.4) is 0 Å². The Labute approximate surface area is 172 Å². The zero-order valence-corrected chi connectivity index (χ0v) is 17.5. The first-order valence-corrected chi connectivity index (χ1v) is 10.6. The number of urea groups is 1. The average Bonchev–Trinajstić information content (AvgIpc) is 2.89. The Hall–Kier alpha value is -2.41. The lowest BCUT2D eigenvalue weighted by atomic mass is 9.91. The van der Waals surface area contributed by atoms with Crippen LogP contribution in [0.15, 0.2) is 24.3 Å². The minimum absolute atomic E-state index is 0.254. The molecule has 2 aliphatic rings. The van der Waals surface area contributed by atoms with Crippen molar-refractivity contribution in [3.63, 3.8) is 0 Å². The molecule has 0 saturated carbocycles. The first-order chi connectivity index (χ1) is 13.9. The quantitative estimate of drug-likeness (QED) is 0.543. The van der Waals surface area contributed by atoms with Gasteiger partial charge in [0.05, 0.1) is 0 Å². The molecule has 4 amide bonds. The molecule has 0 bridgehead atoms. The maximum absolute atomic E-state index is 12.9. The van der Waals surface area contributed by atoms with Gasteiger partial charge in [-0.1, -0.05) is 42.7 Å². The van der Waals surface area contributed by atoms with Crippen LogP contribution in [0.1, 0.15) is 50.2 Å². The Bertz CT molecular complexity index is 741. The Morgan fingerprint density at radius 1 is 1.10 bits per heavy atom. The van der Waals surface area contributed by atoms with Crippen molar-refractivity contribution in [2.24, 2.45) is 0 Å². The number of nitrogens with zero attached hydrogens (tertiary/aromatic N) is 2. The summed E-state index contributed by atoms with van der Waals surface area (Å²) in [5.74, 6) is -0.705. The number of aryl methyl sites for hydroxylation is 1. The minimum atomic E-state index is -1.14. The van der Waals surface area contributed by atoms with Gasteiger partial charge in [0.25, 0.3) is 5.91 Å². The Morgan fingerprint density at radius 2 is 1.76 bits per heavy atom. The summed E-state index contributed by atoms with van der Waals surface area (Å²) in [5, 5.41) is 5.58. The van der Waals surface area contributed by atoms with Gasteiger partial charge < -0.3 is 15.5 Å². The molecule has 0 aromatic heterocycles. The number of nitrogens with one attached hydrogen (secondary N) is 2. The van der Waals surface area contributed by atoms with Gasteiger partial charge in [-0.15, -0.1) is 0 Å². The fourth-order valence-corrected chi connectivity index (χ4v) is 4.01. The van der Waals surface area contributed by atoms with Gasteiger partial charge in [-0.25, -0.2) is 4.79 Å². The standard InChI is InChI=1S/C22H32N4O3/c1-17-8-10-18(11-9-17)22(2)20(28)26(21(29)24-22)16-19(27)23-12-7-15-25-13-5-3-4-6-14-25/h8-11H,3-7,12-16H2,1-2H3,(H,23,27)(H,24,29). The number of rotatable bonds is 7. The fraction of sp³-hybridized carbons (Fsp3) is 0.591. The Kier molecular flexibility index (Phi) is 6.90. The van der Waals surface area contributed by atoms with Gasteiger partial charge >= 0.3 is 6.03 Å². The predicted molar refractivity (Wildman–Crippen MR) is 111 cm³/mol. The van der Waals surface area contributed by atoms with Crippen molar-refractivity contribution < 1.29 is 14.4 Å². The molecule has 2 saturated heterocycles. The van der Waals surface area contributed by atoms with E-state index in [9.17, 15) is 14.4 Å². The van der Waals surface area contributed by atoms with E-state index in [1.54, 1.807) is 6.92 Å². The van der Waals surface area contributed by atoms with E-state index >= 15 is 0 Å². The van der Waals surface area contributed by atoms with E-state index < -0.39 is 17.5 Å². The normalized spacial score (nSPS) is 23.0. The van der Waals surface area contributed by atoms with E-state index in [2.05, 4.69) is 15.5 Å². The maximum atomic E-state index is 12.9. The number of hydrogen-bond acceptors (Lipinski definition) is 4. The highest BCUT2D eigenvalue weighted by atomic mass is 16.2. The lowest BCUT2D eigenvalue weighted by Gasteiger charge is -2.22. The van der Waals surface area contributed by atoms with Crippen molar-refractivity contribution in [2.45, 2.75) is 51.5 Å². The summed E-state index contributed by atoms with van der Waals surface area (Å²) < 4.78 is 0. The lowest BCUT2D eigenvalue weighted by Crippen LogP contribution is -2.43. The van der Waals surface area contributed by atoms with Crippen LogP contribution in [0, 0.1) is 6.92 Å². The molecular formula is C22H32N4O3. The summed E-state index contributed by atoms with van der Waals surface area (Å²) in [6.45, 7) is 7.17. The molecule has 2 fully saturated rings. The van der Waals surface area contributed by atoms with Crippen LogP contribution in [0.4, 0.5) is 4.79 Å². The summed E-state index contributed by atoms with van der Waals surface area (Å²) in [6.07, 6.45) is 5.98. The molecule has 3 rings (SSSR count). The molecule has 2 N–H and O–H groups in total. The van der Waals surface area contributed by atoms with Crippen molar-refractivity contribution >= 4 is 17.8 Å². The van der Waals surface area contributed by atoms with Crippen LogP contribution in [0.2, 0.25) is 0 Å². The highest BCUT2D eigenvalue weighted by Crippen LogP contribution is 2.28. The monoisotopic (exact) mass is 400 g/mol. The second-order valence-electron chi connectivity index (χ2n) is 8.27. The van der Waals surface area contributed by atoms with Crippen LogP contribution in [-0.4, -0.2) is 60.4 Å². The third-order valence-electron chi connectivity index (χ3n) is 5.88. The number of imide groups is 1. The summed E-state index contributed by atoms with van der Waals surface area (Å²) in [6, 6.07) is 6.94. The zero-order valence-electron chi connectivity index (χ0n) is 17.5. The van der Waals surface area contributed by atoms with Crippen LogP contribution in [0.25, 0.3) is 0 Å². The van der Waals surface area contributed by atoms with Crippen molar-refractivity contribution in [1.82, 2.24) is 20.4 Å². The van der Waals surface area contributed by atoms with Gasteiger partial charge in [0.15, 0.2) is 0 Å². The molecule has 7 heteroatoms. The van der Waals surface area contributed by atoms with Gasteiger partial charge in [0.2, 0.25) is 5.91 Å². The van der Waals surface area contributed by atoms with Crippen molar-refractivity contribution in [3.8, 4) is 0 Å². The average molecular weight is 401 g/mol. The van der Waals surface area contributed by atoms with Crippen molar-refractivity contribution in [3.05, 3.63) is 35.4 Å². The van der Waals surface area contributed by atoms with Crippen molar-refractivity contribution in [2.75, 3.05) is 32.7 Å². The molecular weight excluding hydrogens is 368 g/mol. The third kappa shape index (κ3) is 5.15. The summed E-state index contributed by atoms with van der Waals surface area (Å²) >= 11 is 0. The molecule has 29 heavy (non-hydrogen) atoms. The topological polar surface area (TPSA) is 81.8 Å². The number of carbonyl (C=O) groups excluding carboxylic acids is 3. The first-order valence-electron chi connectivity index (χ1n) is 10.6. The molecule has 0 aliphatic carbocycles. The van der Waals surface area contributed by atoms with Gasteiger partial charge in [0.1, 0.15) is 12.1 Å². The number of amides is 4. The lowest BCUT2D eigenvalue weighted by molar-refractivity contribution is -0.134. The molecule has 2 heterocycles. The van der Waals surface area contributed by atoms with E-state index in [1.807, 2.05) is 31.2 Å². The molecule has 1 aromatic rings. The minimum Gasteiger partial charge on any atom is -0.354 e. The van der Waals surface area contributed by atoms with Gasteiger partial charge in [-0.05, 0) is 58.3 Å². The molecule has 7 nitrogen and oxygen atoms in total. The number of benzene rings is 1. The number of likely N-dealkylation sites (tertiary alicyclic amines) is 1. The Morgan fingerprint density at radius 3 is 2.41 bits per heavy atom. The highest BCUT2D eigenvalue weighted by molar-refractivity contribution is 6.09. The molecule has 1 atom stereocenters. The SMILES string of the molecule is Cc1ccc(C2(C)NC(=O)N(CC(=O)NCCCN3CCCCCC3)C2=O)cc1. The zero-order chi connectivity index (χ0) is 20.9. The predicted octanol–water partition coefficient (Wildman–Crippen LogP) is 2.14. The maximum Gasteiger partial charge on any atom is 0.325 e. The number of hydrogen-bond donors (Lipinski definition) is 2. The van der Waals surface area contributed by atoms with Crippen LogP contribution >= 0.6 is 0 Å². The smallest absolute Gasteiger partial charge is 0.325 e. The van der Waals surface area contributed by atoms with Crippen molar-refractivity contribution in [1.29, 1.82) is 0 Å². The summed E-state index contributed by atoms with van der Waals surface area (Å²) in [7, 11) is 0. The molecule has 1 unspecified atom stereocenters. The molecule has 2 aliphatic heterocycles. The second kappa shape index (κ2) is 9.39. The number of carbonyl (C=O) groups is 3. The van der Waals surface area contributed by atoms with Gasteiger partial charge in [0, 0.05) is 6.54 Å². The van der Waals surface area contributed by atoms with E-state index in [-0.39, 0.29) is 12.5 Å². The van der Waals surface area contributed by atoms with Gasteiger partial charge in [-0.2, -0.15) is 0 Å². The van der Waals surface area contributed by atoms with E-state index in [1.165, 1.54) is 25.7 Å².